The summed E-state index contributed by atoms with van der Waals surface area (Å²) in [5, 5.41) is 6.32. The molecule has 8 heteroatoms. The first kappa shape index (κ1) is 15.0. The first-order valence-corrected chi connectivity index (χ1v) is 7.74. The highest BCUT2D eigenvalue weighted by molar-refractivity contribution is 7.91. The van der Waals surface area contributed by atoms with Gasteiger partial charge in [-0.15, -0.1) is 0 Å². The third-order valence-electron chi connectivity index (χ3n) is 2.79. The molecule has 0 bridgehead atoms. The normalized spacial score (nSPS) is 11.1. The highest BCUT2D eigenvalue weighted by atomic mass is 32.2. The van der Waals surface area contributed by atoms with Gasteiger partial charge in [0.2, 0.25) is 10.0 Å². The smallest absolute Gasteiger partial charge is 0.337 e. The van der Waals surface area contributed by atoms with Gasteiger partial charge in [0, 0.05) is 5.56 Å². The quantitative estimate of drug-likeness (QED) is 0.814. The fraction of sp³-hybridized carbons (Fsp3) is 0.231. The minimum atomic E-state index is -3.60. The molecule has 1 heterocycles. The zero-order chi connectivity index (χ0) is 15.5. The van der Waals surface area contributed by atoms with E-state index in [-0.39, 0.29) is 5.75 Å². The summed E-state index contributed by atoms with van der Waals surface area (Å²) in [4.78, 5) is 11.4. The molecule has 2 rings (SSSR count). The maximum absolute atomic E-state index is 12.1. The van der Waals surface area contributed by atoms with E-state index in [0.29, 0.717) is 22.5 Å². The van der Waals surface area contributed by atoms with Crippen LogP contribution in [0.2, 0.25) is 0 Å². The molecule has 0 aliphatic rings. The minimum Gasteiger partial charge on any atom is -0.465 e. The van der Waals surface area contributed by atoms with Crippen LogP contribution in [0.25, 0.3) is 0 Å². The second kappa shape index (κ2) is 5.96. The molecule has 0 aliphatic carbocycles. The van der Waals surface area contributed by atoms with Crippen molar-refractivity contribution in [2.45, 2.75) is 12.7 Å². The molecule has 1 aromatic heterocycles. The number of H-pyrrole nitrogens is 1. The number of nitrogens with one attached hydrogen (secondary N) is 2. The predicted molar refractivity (Wildman–Crippen MR) is 77.4 cm³/mol. The number of esters is 1. The summed E-state index contributed by atoms with van der Waals surface area (Å²) in [5.41, 5.74) is 1.49. The van der Waals surface area contributed by atoms with Crippen molar-refractivity contribution in [1.29, 1.82) is 0 Å². The third-order valence-corrected chi connectivity index (χ3v) is 4.02. The number of rotatable bonds is 5. The molecule has 0 spiro atoms. The van der Waals surface area contributed by atoms with Crippen molar-refractivity contribution >= 4 is 21.8 Å². The molecule has 2 aromatic rings. The summed E-state index contributed by atoms with van der Waals surface area (Å²) in [6.45, 7) is 1.74. The number of carbonyl (C=O) groups is 1. The number of carbonyl (C=O) groups excluding carboxylic acids is 1. The fourth-order valence-corrected chi connectivity index (χ4v) is 2.97. The number of aryl methyl sites for hydroxylation is 1. The number of ether oxygens (including phenoxy) is 1. The van der Waals surface area contributed by atoms with Crippen molar-refractivity contribution in [2.24, 2.45) is 0 Å². The van der Waals surface area contributed by atoms with Gasteiger partial charge in [-0.05, 0) is 24.6 Å². The van der Waals surface area contributed by atoms with E-state index in [1.165, 1.54) is 19.4 Å². The Bertz CT molecular complexity index is 752. The third kappa shape index (κ3) is 3.82. The molecule has 1 aromatic carbocycles. The topological polar surface area (TPSA) is 101 Å². The van der Waals surface area contributed by atoms with Gasteiger partial charge in [0.15, 0.2) is 0 Å². The molecule has 21 heavy (non-hydrogen) atoms. The Balaban J connectivity index is 2.17. The number of nitrogens with zero attached hydrogens (tertiary/aromatic N) is 1. The number of methoxy groups -OCH3 is 1. The minimum absolute atomic E-state index is 0.254. The van der Waals surface area contributed by atoms with Gasteiger partial charge in [-0.3, -0.25) is 9.82 Å². The molecule has 0 saturated heterocycles. The zero-order valence-corrected chi connectivity index (χ0v) is 12.4. The largest absolute Gasteiger partial charge is 0.465 e. The summed E-state index contributed by atoms with van der Waals surface area (Å²) in [5.74, 6) is -0.429. The van der Waals surface area contributed by atoms with E-state index in [1.807, 2.05) is 0 Å². The van der Waals surface area contributed by atoms with Crippen molar-refractivity contribution in [3.63, 3.8) is 0 Å². The van der Waals surface area contributed by atoms with Gasteiger partial charge in [-0.1, -0.05) is 12.1 Å². The van der Waals surface area contributed by atoms with Crippen molar-refractivity contribution in [1.82, 2.24) is 10.2 Å². The highest BCUT2D eigenvalue weighted by Gasteiger charge is 2.15. The van der Waals surface area contributed by atoms with Crippen LogP contribution in [0.5, 0.6) is 0 Å². The zero-order valence-electron chi connectivity index (χ0n) is 11.6. The molecule has 0 atom stereocenters. The van der Waals surface area contributed by atoms with Crippen molar-refractivity contribution in [2.75, 3.05) is 11.8 Å². The number of hydrogen-bond acceptors (Lipinski definition) is 5. The number of aromatic amines is 1. The van der Waals surface area contributed by atoms with Crippen LogP contribution in [0.1, 0.15) is 21.5 Å². The van der Waals surface area contributed by atoms with Gasteiger partial charge in [-0.25, -0.2) is 13.2 Å². The molecule has 0 amide bonds. The fourth-order valence-electron chi connectivity index (χ4n) is 1.77. The second-order valence-electron chi connectivity index (χ2n) is 4.48. The Kier molecular flexibility index (Phi) is 4.27. The molecule has 7 nitrogen and oxygen atoms in total. The van der Waals surface area contributed by atoms with Gasteiger partial charge in [0.25, 0.3) is 0 Å². The molecular weight excluding hydrogens is 294 g/mol. The van der Waals surface area contributed by atoms with Crippen LogP contribution < -0.4 is 4.72 Å². The second-order valence-corrected chi connectivity index (χ2v) is 6.20. The average molecular weight is 309 g/mol. The summed E-state index contributed by atoms with van der Waals surface area (Å²) in [6.07, 6.45) is 1.52. The Morgan fingerprint density at radius 3 is 2.81 bits per heavy atom. The maximum Gasteiger partial charge on any atom is 0.337 e. The number of hydrogen-bond donors (Lipinski definition) is 2. The summed E-state index contributed by atoms with van der Waals surface area (Å²) in [7, 11) is -2.33. The Morgan fingerprint density at radius 1 is 1.43 bits per heavy atom. The molecule has 0 saturated carbocycles. The van der Waals surface area contributed by atoms with E-state index in [9.17, 15) is 13.2 Å². The standard InChI is InChI=1S/C13H15N3O4S/c1-9-7-14-15-12(9)16-21(18,19)8-10-4-3-5-11(6-10)13(17)20-2/h3-7H,8H2,1-2H3,(H2,14,15,16). The first-order chi connectivity index (χ1) is 9.91. The Morgan fingerprint density at radius 2 is 2.19 bits per heavy atom. The monoisotopic (exact) mass is 309 g/mol. The van der Waals surface area contributed by atoms with Crippen LogP contribution in [0.15, 0.2) is 30.5 Å². The molecule has 0 radical (unpaired) electrons. The molecule has 2 N–H and O–H groups in total. The van der Waals surface area contributed by atoms with E-state index in [2.05, 4.69) is 19.7 Å². The van der Waals surface area contributed by atoms with Crippen LogP contribution in [-0.2, 0) is 20.5 Å². The summed E-state index contributed by atoms with van der Waals surface area (Å²) in [6, 6.07) is 6.29. The molecule has 0 aliphatic heterocycles. The van der Waals surface area contributed by atoms with Crippen molar-refractivity contribution in [3.05, 3.63) is 47.2 Å². The molecule has 0 unspecified atom stereocenters. The lowest BCUT2D eigenvalue weighted by Crippen LogP contribution is -2.16. The summed E-state index contributed by atoms with van der Waals surface area (Å²) >= 11 is 0. The number of benzene rings is 1. The van der Waals surface area contributed by atoms with E-state index >= 15 is 0 Å². The number of anilines is 1. The lowest BCUT2D eigenvalue weighted by Gasteiger charge is -2.08. The van der Waals surface area contributed by atoms with Crippen LogP contribution in [0.4, 0.5) is 5.82 Å². The van der Waals surface area contributed by atoms with Gasteiger partial charge in [-0.2, -0.15) is 5.10 Å². The molecule has 0 fully saturated rings. The van der Waals surface area contributed by atoms with Crippen LogP contribution >= 0.6 is 0 Å². The SMILES string of the molecule is COC(=O)c1cccc(CS(=O)(=O)Nc2[nH]ncc2C)c1. The van der Waals surface area contributed by atoms with E-state index in [4.69, 9.17) is 0 Å². The maximum atomic E-state index is 12.1. The van der Waals surface area contributed by atoms with E-state index < -0.39 is 16.0 Å². The Hall–Kier alpha value is -2.35. The first-order valence-electron chi connectivity index (χ1n) is 6.09. The van der Waals surface area contributed by atoms with E-state index in [0.717, 1.165) is 0 Å². The Labute approximate surface area is 122 Å². The lowest BCUT2D eigenvalue weighted by atomic mass is 10.1. The highest BCUT2D eigenvalue weighted by Crippen LogP contribution is 2.15. The average Bonchev–Trinajstić information content (AvgIpc) is 2.82. The molecule has 112 valence electrons. The van der Waals surface area contributed by atoms with Gasteiger partial charge in [0.1, 0.15) is 5.82 Å². The predicted octanol–water partition coefficient (Wildman–Crippen LogP) is 1.45. The molecular formula is C13H15N3O4S. The van der Waals surface area contributed by atoms with Crippen molar-refractivity contribution in [3.8, 4) is 0 Å². The lowest BCUT2D eigenvalue weighted by molar-refractivity contribution is 0.0600. The van der Waals surface area contributed by atoms with Gasteiger partial charge < -0.3 is 4.74 Å². The van der Waals surface area contributed by atoms with Crippen molar-refractivity contribution < 1.29 is 17.9 Å². The van der Waals surface area contributed by atoms with Gasteiger partial charge in [0.05, 0.1) is 24.6 Å². The number of aromatic nitrogens is 2. The van der Waals surface area contributed by atoms with E-state index in [1.54, 1.807) is 25.1 Å². The van der Waals surface area contributed by atoms with Crippen LogP contribution in [-0.4, -0.2) is 31.7 Å². The van der Waals surface area contributed by atoms with Crippen LogP contribution in [0.3, 0.4) is 0 Å². The number of sulfonamides is 1. The summed E-state index contributed by atoms with van der Waals surface area (Å²) < 4.78 is 31.2. The van der Waals surface area contributed by atoms with Crippen LogP contribution in [0, 0.1) is 6.92 Å². The van der Waals surface area contributed by atoms with Gasteiger partial charge >= 0.3 is 5.97 Å².